The van der Waals surface area contributed by atoms with Crippen LogP contribution in [-0.4, -0.2) is 56.8 Å². The number of hydrogen-bond acceptors (Lipinski definition) is 7. The van der Waals surface area contributed by atoms with Crippen molar-refractivity contribution in [2.24, 2.45) is 5.92 Å². The van der Waals surface area contributed by atoms with Crippen LogP contribution in [0.2, 0.25) is 0 Å². The number of nitrogens with zero attached hydrogens (tertiary/aromatic N) is 3. The summed E-state index contributed by atoms with van der Waals surface area (Å²) < 4.78 is 20.1. The second-order valence-corrected chi connectivity index (χ2v) is 10.1. The van der Waals surface area contributed by atoms with Gasteiger partial charge in [-0.25, -0.2) is 9.37 Å². The number of benzene rings is 1. The predicted molar refractivity (Wildman–Crippen MR) is 129 cm³/mol. The first-order chi connectivity index (χ1) is 16.7. The van der Waals surface area contributed by atoms with Gasteiger partial charge in [-0.05, 0) is 36.5 Å². The van der Waals surface area contributed by atoms with Crippen molar-refractivity contribution in [3.8, 4) is 10.4 Å². The number of hydrogen-bond donors (Lipinski definition) is 2. The van der Waals surface area contributed by atoms with E-state index in [0.29, 0.717) is 5.76 Å². The van der Waals surface area contributed by atoms with E-state index in [-0.39, 0.29) is 19.0 Å². The van der Waals surface area contributed by atoms with Gasteiger partial charge in [0.15, 0.2) is 6.17 Å². The van der Waals surface area contributed by atoms with Crippen molar-refractivity contribution in [3.63, 3.8) is 0 Å². The zero-order valence-corrected chi connectivity index (χ0v) is 20.9. The summed E-state index contributed by atoms with van der Waals surface area (Å²) in [7, 11) is 0. The number of likely N-dealkylation sites (tertiary alicyclic amines) is 1. The molecule has 35 heavy (non-hydrogen) atoms. The monoisotopic (exact) mass is 500 g/mol. The number of nitrogens with one attached hydrogen (secondary N) is 1. The molecule has 0 aliphatic carbocycles. The largest absolute Gasteiger partial charge is 0.388 e. The van der Waals surface area contributed by atoms with Crippen LogP contribution < -0.4 is 5.32 Å². The fourth-order valence-corrected chi connectivity index (χ4v) is 5.32. The molecule has 3 aromatic rings. The first kappa shape index (κ1) is 25.0. The SMILES string of the molecule is Cc1cc(-c2scnc2C)ccc1CNC(=O)[C@@H]1[C@@H](F)[C@@H](O)CN1C(=O)[C@@H](c1ccno1)C(C)C. The molecule has 186 valence electrons. The Hall–Kier alpha value is -3.11. The van der Waals surface area contributed by atoms with Crippen LogP contribution in [0.4, 0.5) is 4.39 Å². The van der Waals surface area contributed by atoms with E-state index in [2.05, 4.69) is 15.5 Å². The van der Waals surface area contributed by atoms with Gasteiger partial charge < -0.3 is 19.8 Å². The van der Waals surface area contributed by atoms with E-state index in [4.69, 9.17) is 4.52 Å². The Bertz CT molecular complexity index is 1200. The number of aliphatic hydroxyl groups excluding tert-OH is 1. The molecule has 4 atom stereocenters. The van der Waals surface area contributed by atoms with E-state index in [9.17, 15) is 19.1 Å². The molecule has 0 bridgehead atoms. The maximum atomic E-state index is 15.0. The summed E-state index contributed by atoms with van der Waals surface area (Å²) in [6.07, 6.45) is -1.90. The zero-order chi connectivity index (χ0) is 25.3. The number of carbonyl (C=O) groups excluding carboxylic acids is 2. The summed E-state index contributed by atoms with van der Waals surface area (Å²) in [6, 6.07) is 6.06. The third-order valence-electron chi connectivity index (χ3n) is 6.44. The minimum atomic E-state index is -1.89. The normalized spacial score (nSPS) is 20.9. The average Bonchev–Trinajstić information content (AvgIpc) is 3.54. The summed E-state index contributed by atoms with van der Waals surface area (Å²) in [5, 5.41) is 16.6. The average molecular weight is 501 g/mol. The second kappa shape index (κ2) is 10.2. The van der Waals surface area contributed by atoms with Crippen molar-refractivity contribution in [1.82, 2.24) is 20.4 Å². The van der Waals surface area contributed by atoms with Crippen molar-refractivity contribution in [2.75, 3.05) is 6.54 Å². The van der Waals surface area contributed by atoms with Crippen LogP contribution in [0.25, 0.3) is 10.4 Å². The summed E-state index contributed by atoms with van der Waals surface area (Å²) in [5.41, 5.74) is 5.65. The molecule has 1 aromatic carbocycles. The van der Waals surface area contributed by atoms with Crippen LogP contribution in [0.3, 0.4) is 0 Å². The van der Waals surface area contributed by atoms with Gasteiger partial charge >= 0.3 is 0 Å². The van der Waals surface area contributed by atoms with E-state index in [1.807, 2.05) is 45.9 Å². The molecule has 1 fully saturated rings. The number of carbonyl (C=O) groups is 2. The number of aliphatic hydroxyl groups is 1. The first-order valence-corrected chi connectivity index (χ1v) is 12.4. The molecule has 2 aromatic heterocycles. The highest BCUT2D eigenvalue weighted by Gasteiger charge is 2.50. The van der Waals surface area contributed by atoms with E-state index >= 15 is 0 Å². The Morgan fingerprint density at radius 2 is 2.09 bits per heavy atom. The Kier molecular flexibility index (Phi) is 7.32. The number of aromatic nitrogens is 2. The highest BCUT2D eigenvalue weighted by atomic mass is 32.1. The minimum Gasteiger partial charge on any atom is -0.388 e. The Morgan fingerprint density at radius 3 is 2.69 bits per heavy atom. The van der Waals surface area contributed by atoms with E-state index in [0.717, 1.165) is 32.2 Å². The highest BCUT2D eigenvalue weighted by Crippen LogP contribution is 2.32. The van der Waals surface area contributed by atoms with Crippen LogP contribution in [0.5, 0.6) is 0 Å². The lowest BCUT2D eigenvalue weighted by atomic mass is 9.91. The molecule has 0 saturated carbocycles. The standard InChI is InChI=1S/C25H29FN4O4S/c1-13(2)20(19-7-8-29-34-19)25(33)30-11-18(31)21(26)22(30)24(32)27-10-17-6-5-16(9-14(17)3)23-15(4)28-12-35-23/h5-9,12-13,18,20-22,31H,10-11H2,1-4H3,(H,27,32)/t18-,20+,21-,22-/m0/s1. The third-order valence-corrected chi connectivity index (χ3v) is 7.42. The Morgan fingerprint density at radius 1 is 1.31 bits per heavy atom. The van der Waals surface area contributed by atoms with Gasteiger partial charge in [0, 0.05) is 12.6 Å². The molecule has 2 N–H and O–H groups in total. The topological polar surface area (TPSA) is 109 Å². The van der Waals surface area contributed by atoms with Gasteiger partial charge in [0.2, 0.25) is 11.8 Å². The number of rotatable bonds is 7. The van der Waals surface area contributed by atoms with Crippen molar-refractivity contribution < 1.29 is 23.6 Å². The smallest absolute Gasteiger partial charge is 0.246 e. The van der Waals surface area contributed by atoms with Crippen molar-refractivity contribution in [2.45, 2.75) is 58.5 Å². The molecule has 8 nitrogen and oxygen atoms in total. The van der Waals surface area contributed by atoms with Gasteiger partial charge in [-0.3, -0.25) is 9.59 Å². The van der Waals surface area contributed by atoms with Crippen LogP contribution >= 0.6 is 11.3 Å². The summed E-state index contributed by atoms with van der Waals surface area (Å²) in [6.45, 7) is 7.47. The maximum absolute atomic E-state index is 15.0. The zero-order valence-electron chi connectivity index (χ0n) is 20.1. The molecular weight excluding hydrogens is 471 g/mol. The molecule has 1 aliphatic rings. The Labute approximate surface area is 207 Å². The van der Waals surface area contributed by atoms with Gasteiger partial charge in [-0.15, -0.1) is 11.3 Å². The number of aryl methyl sites for hydroxylation is 2. The van der Waals surface area contributed by atoms with Crippen molar-refractivity contribution in [3.05, 3.63) is 58.6 Å². The van der Waals surface area contributed by atoms with Crippen LogP contribution in [0.1, 0.15) is 42.3 Å². The summed E-state index contributed by atoms with van der Waals surface area (Å²) in [4.78, 5) is 33.0. The predicted octanol–water partition coefficient (Wildman–Crippen LogP) is 3.38. The quantitative estimate of drug-likeness (QED) is 0.515. The summed E-state index contributed by atoms with van der Waals surface area (Å²) >= 11 is 1.56. The van der Waals surface area contributed by atoms with E-state index in [1.165, 1.54) is 6.20 Å². The second-order valence-electron chi connectivity index (χ2n) is 9.21. The molecule has 3 heterocycles. The fourth-order valence-electron chi connectivity index (χ4n) is 4.51. The first-order valence-electron chi connectivity index (χ1n) is 11.5. The van der Waals surface area contributed by atoms with Gasteiger partial charge in [-0.2, -0.15) is 0 Å². The number of thiazole rings is 1. The maximum Gasteiger partial charge on any atom is 0.246 e. The van der Waals surface area contributed by atoms with Crippen LogP contribution in [-0.2, 0) is 16.1 Å². The van der Waals surface area contributed by atoms with Gasteiger partial charge in [-0.1, -0.05) is 37.2 Å². The minimum absolute atomic E-state index is 0.170. The lowest BCUT2D eigenvalue weighted by molar-refractivity contribution is -0.142. The third kappa shape index (κ3) is 4.99. The number of alkyl halides is 1. The lowest BCUT2D eigenvalue weighted by Gasteiger charge is -2.29. The van der Waals surface area contributed by atoms with Gasteiger partial charge in [0.25, 0.3) is 0 Å². The molecule has 2 amide bonds. The molecule has 0 unspecified atom stereocenters. The van der Waals surface area contributed by atoms with Crippen LogP contribution in [0, 0.1) is 19.8 Å². The Balaban J connectivity index is 1.49. The highest BCUT2D eigenvalue weighted by molar-refractivity contribution is 7.13. The lowest BCUT2D eigenvalue weighted by Crippen LogP contribution is -2.50. The fraction of sp³-hybridized carbons (Fsp3) is 0.440. The molecule has 1 aliphatic heterocycles. The summed E-state index contributed by atoms with van der Waals surface area (Å²) in [5.74, 6) is -1.71. The van der Waals surface area contributed by atoms with Gasteiger partial charge in [0.05, 0.1) is 28.8 Å². The van der Waals surface area contributed by atoms with E-state index in [1.54, 1.807) is 22.9 Å². The molecule has 0 radical (unpaired) electrons. The molecule has 4 rings (SSSR count). The molecule has 0 spiro atoms. The molecule has 1 saturated heterocycles. The van der Waals surface area contributed by atoms with Crippen LogP contribution in [0.15, 0.2) is 40.5 Å². The number of β-amino-alcohol motifs (C(OH)–C–C–N with tert-alkyl or cyclic N) is 1. The van der Waals surface area contributed by atoms with E-state index < -0.39 is 36.0 Å². The number of halogens is 1. The van der Waals surface area contributed by atoms with Crippen molar-refractivity contribution in [1.29, 1.82) is 0 Å². The van der Waals surface area contributed by atoms with Crippen molar-refractivity contribution >= 4 is 23.2 Å². The van der Waals surface area contributed by atoms with Gasteiger partial charge in [0.1, 0.15) is 23.8 Å². The molecule has 10 heteroatoms. The molecular formula is C25H29FN4O4S. The number of amides is 2.